The Morgan fingerprint density at radius 1 is 1.21 bits per heavy atom. The molecule has 2 aromatic carbocycles. The Hall–Kier alpha value is -3.59. The number of imide groups is 1. The lowest BCUT2D eigenvalue weighted by molar-refractivity contribution is -0.126. The molecule has 33 heavy (non-hydrogen) atoms. The Balaban J connectivity index is 1.49. The Morgan fingerprint density at radius 3 is 2.70 bits per heavy atom. The lowest BCUT2D eigenvalue weighted by Gasteiger charge is -2.17. The van der Waals surface area contributed by atoms with Crippen LogP contribution >= 0.6 is 11.8 Å². The Morgan fingerprint density at radius 2 is 1.97 bits per heavy atom. The second-order valence-electron chi connectivity index (χ2n) is 7.43. The van der Waals surface area contributed by atoms with Gasteiger partial charge in [0.1, 0.15) is 12.4 Å². The number of hydrogen-bond donors (Lipinski definition) is 1. The van der Waals surface area contributed by atoms with Gasteiger partial charge in [-0.2, -0.15) is 0 Å². The van der Waals surface area contributed by atoms with Crippen molar-refractivity contribution in [2.24, 2.45) is 0 Å². The lowest BCUT2D eigenvalue weighted by atomic mass is 10.1. The summed E-state index contributed by atoms with van der Waals surface area (Å²) < 4.78 is 8.00. The number of para-hydroxylation sites is 1. The summed E-state index contributed by atoms with van der Waals surface area (Å²) in [5, 5.41) is 11.3. The third-order valence-electron chi connectivity index (χ3n) is 5.19. The van der Waals surface area contributed by atoms with Crippen molar-refractivity contribution in [1.29, 1.82) is 0 Å². The first-order valence-corrected chi connectivity index (χ1v) is 11.5. The summed E-state index contributed by atoms with van der Waals surface area (Å²) in [6, 6.07) is 17.5. The van der Waals surface area contributed by atoms with Gasteiger partial charge in [0.15, 0.2) is 11.0 Å². The molecule has 3 aromatic rings. The molecule has 1 N–H and O–H groups in total. The highest BCUT2D eigenvalue weighted by molar-refractivity contribution is 8.00. The predicted molar refractivity (Wildman–Crippen MR) is 127 cm³/mol. The largest absolute Gasteiger partial charge is 0.485 e. The minimum absolute atomic E-state index is 0.210. The van der Waals surface area contributed by atoms with E-state index < -0.39 is 5.25 Å². The van der Waals surface area contributed by atoms with Crippen LogP contribution in [0.15, 0.2) is 72.4 Å². The number of carbonyl (C=O) groups excluding carboxylic acids is 2. The topological polar surface area (TPSA) is 89.3 Å². The van der Waals surface area contributed by atoms with Gasteiger partial charge in [-0.05, 0) is 18.6 Å². The fraction of sp³-hybridized carbons (Fsp3) is 0.250. The van der Waals surface area contributed by atoms with Crippen LogP contribution in [0.3, 0.4) is 0 Å². The number of amides is 3. The average molecular weight is 464 g/mol. The van der Waals surface area contributed by atoms with Gasteiger partial charge >= 0.3 is 6.03 Å². The van der Waals surface area contributed by atoms with E-state index in [1.165, 1.54) is 16.7 Å². The Kier molecular flexibility index (Phi) is 7.09. The number of rotatable bonds is 9. The normalized spacial score (nSPS) is 14.1. The van der Waals surface area contributed by atoms with Crippen LogP contribution in [0.5, 0.6) is 5.75 Å². The maximum atomic E-state index is 12.7. The Bertz CT molecular complexity index is 1150. The zero-order valence-corrected chi connectivity index (χ0v) is 19.1. The molecule has 0 unspecified atom stereocenters. The minimum atomic E-state index is -0.491. The quantitative estimate of drug-likeness (QED) is 0.384. The second kappa shape index (κ2) is 10.4. The molecule has 0 radical (unpaired) electrons. The molecule has 1 fully saturated rings. The number of nitrogens with zero attached hydrogens (tertiary/aromatic N) is 4. The van der Waals surface area contributed by atoms with Gasteiger partial charge in [-0.3, -0.25) is 14.3 Å². The number of ether oxygens (including phenoxy) is 1. The van der Waals surface area contributed by atoms with Crippen molar-refractivity contribution in [2.75, 3.05) is 13.1 Å². The van der Waals surface area contributed by atoms with E-state index in [9.17, 15) is 9.59 Å². The summed E-state index contributed by atoms with van der Waals surface area (Å²) >= 11 is 1.26. The number of aromatic nitrogens is 3. The van der Waals surface area contributed by atoms with E-state index in [2.05, 4.69) is 22.1 Å². The van der Waals surface area contributed by atoms with E-state index >= 15 is 0 Å². The van der Waals surface area contributed by atoms with Crippen LogP contribution in [-0.4, -0.2) is 49.9 Å². The van der Waals surface area contributed by atoms with Crippen LogP contribution in [0, 0.1) is 0 Å². The standard InChI is InChI=1S/C24H25N5O3S/c1-3-14-28-21(16-32-20-12-8-7-11-19(20)18-9-5-4-6-10-18)26-27-24(28)33-17(2)22(30)29-15-13-25-23(29)31/h3-12,17H,1,13-16H2,2H3,(H,25,31)/t17-/m0/s1. The number of urea groups is 1. The van der Waals surface area contributed by atoms with Gasteiger partial charge < -0.3 is 10.1 Å². The van der Waals surface area contributed by atoms with Crippen molar-refractivity contribution in [1.82, 2.24) is 25.0 Å². The highest BCUT2D eigenvalue weighted by Crippen LogP contribution is 2.30. The molecule has 0 saturated carbocycles. The van der Waals surface area contributed by atoms with Crippen molar-refractivity contribution >= 4 is 23.7 Å². The van der Waals surface area contributed by atoms with E-state index in [1.807, 2.05) is 59.2 Å². The Labute approximate surface area is 196 Å². The maximum Gasteiger partial charge on any atom is 0.324 e. The molecule has 0 spiro atoms. The molecule has 1 aromatic heterocycles. The number of nitrogens with one attached hydrogen (secondary N) is 1. The first-order chi connectivity index (χ1) is 16.1. The number of thioether (sulfide) groups is 1. The molecule has 1 saturated heterocycles. The van der Waals surface area contributed by atoms with Gasteiger partial charge in [-0.1, -0.05) is 66.4 Å². The third-order valence-corrected chi connectivity index (χ3v) is 6.25. The van der Waals surface area contributed by atoms with Crippen molar-refractivity contribution in [3.8, 4) is 16.9 Å². The van der Waals surface area contributed by atoms with Crippen LogP contribution in [0.4, 0.5) is 4.79 Å². The van der Waals surface area contributed by atoms with Crippen molar-refractivity contribution in [3.05, 3.63) is 73.1 Å². The number of carbonyl (C=O) groups is 2. The summed E-state index contributed by atoms with van der Waals surface area (Å²) in [5.41, 5.74) is 2.06. The fourth-order valence-electron chi connectivity index (χ4n) is 3.53. The van der Waals surface area contributed by atoms with Gasteiger partial charge in [0.2, 0.25) is 5.91 Å². The number of benzene rings is 2. The molecule has 0 aliphatic carbocycles. The zero-order valence-electron chi connectivity index (χ0n) is 18.3. The van der Waals surface area contributed by atoms with Crippen molar-refractivity contribution < 1.29 is 14.3 Å². The molecule has 1 aliphatic heterocycles. The minimum Gasteiger partial charge on any atom is -0.485 e. The van der Waals surface area contributed by atoms with Gasteiger partial charge in [-0.25, -0.2) is 4.79 Å². The van der Waals surface area contributed by atoms with Crippen molar-refractivity contribution in [2.45, 2.75) is 30.5 Å². The van der Waals surface area contributed by atoms with Gasteiger partial charge in [-0.15, -0.1) is 16.8 Å². The summed E-state index contributed by atoms with van der Waals surface area (Å²) in [6.45, 7) is 7.12. The molecular formula is C24H25N5O3S. The SMILES string of the molecule is C=CCn1c(COc2ccccc2-c2ccccc2)nnc1S[C@@H](C)C(=O)N1CCNC1=O. The molecule has 4 rings (SSSR count). The molecule has 1 aliphatic rings. The van der Waals surface area contributed by atoms with Gasteiger partial charge in [0.25, 0.3) is 0 Å². The van der Waals surface area contributed by atoms with Crippen LogP contribution in [-0.2, 0) is 17.9 Å². The van der Waals surface area contributed by atoms with Gasteiger partial charge in [0.05, 0.1) is 5.25 Å². The summed E-state index contributed by atoms with van der Waals surface area (Å²) in [5.74, 6) is 1.12. The van der Waals surface area contributed by atoms with Crippen molar-refractivity contribution in [3.63, 3.8) is 0 Å². The first kappa shape index (κ1) is 22.6. The molecule has 1 atom stereocenters. The van der Waals surface area contributed by atoms with E-state index in [0.717, 1.165) is 16.9 Å². The number of allylic oxidation sites excluding steroid dienone is 1. The van der Waals surface area contributed by atoms with E-state index in [0.29, 0.717) is 30.6 Å². The molecular weight excluding hydrogens is 438 g/mol. The van der Waals surface area contributed by atoms with E-state index in [-0.39, 0.29) is 18.5 Å². The highest BCUT2D eigenvalue weighted by Gasteiger charge is 2.31. The first-order valence-electron chi connectivity index (χ1n) is 10.6. The molecule has 2 heterocycles. The van der Waals surface area contributed by atoms with E-state index in [1.54, 1.807) is 13.0 Å². The molecule has 0 bridgehead atoms. The van der Waals surface area contributed by atoms with Gasteiger partial charge in [0, 0.05) is 25.2 Å². The lowest BCUT2D eigenvalue weighted by Crippen LogP contribution is -2.39. The summed E-state index contributed by atoms with van der Waals surface area (Å²) in [4.78, 5) is 25.7. The monoisotopic (exact) mass is 463 g/mol. The molecule has 9 heteroatoms. The third kappa shape index (κ3) is 5.09. The predicted octanol–water partition coefficient (Wildman–Crippen LogP) is 3.74. The highest BCUT2D eigenvalue weighted by atomic mass is 32.2. The smallest absolute Gasteiger partial charge is 0.324 e. The molecule has 8 nitrogen and oxygen atoms in total. The second-order valence-corrected chi connectivity index (χ2v) is 8.74. The fourth-order valence-corrected chi connectivity index (χ4v) is 4.47. The summed E-state index contributed by atoms with van der Waals surface area (Å²) in [6.07, 6.45) is 1.75. The van der Waals surface area contributed by atoms with Crippen LogP contribution in [0.1, 0.15) is 12.7 Å². The average Bonchev–Trinajstić information content (AvgIpc) is 3.44. The van der Waals surface area contributed by atoms with Crippen LogP contribution in [0.2, 0.25) is 0 Å². The maximum absolute atomic E-state index is 12.7. The van der Waals surface area contributed by atoms with Crippen LogP contribution in [0.25, 0.3) is 11.1 Å². The molecule has 3 amide bonds. The van der Waals surface area contributed by atoms with E-state index in [4.69, 9.17) is 4.74 Å². The zero-order chi connectivity index (χ0) is 23.2. The number of hydrogen-bond acceptors (Lipinski definition) is 6. The molecule has 170 valence electrons. The summed E-state index contributed by atoms with van der Waals surface area (Å²) in [7, 11) is 0. The van der Waals surface area contributed by atoms with Crippen LogP contribution < -0.4 is 10.1 Å².